The van der Waals surface area contributed by atoms with E-state index in [1.54, 1.807) is 18.2 Å². The number of aliphatic hydroxyl groups excluding tert-OH is 1. The molecule has 0 aromatic heterocycles. The Labute approximate surface area is 139 Å². The average molecular weight is 347 g/mol. The lowest BCUT2D eigenvalue weighted by Gasteiger charge is -2.34. The van der Waals surface area contributed by atoms with Crippen LogP contribution in [0.1, 0.15) is 19.3 Å². The van der Waals surface area contributed by atoms with Crippen molar-refractivity contribution in [3.8, 4) is 5.75 Å². The maximum Gasteiger partial charge on any atom is 0.234 e. The van der Waals surface area contributed by atoms with E-state index in [0.717, 1.165) is 25.8 Å². The van der Waals surface area contributed by atoms with E-state index in [2.05, 4.69) is 0 Å². The van der Waals surface area contributed by atoms with Crippen LogP contribution in [0, 0.1) is 0 Å². The number of piperidine rings is 1. The lowest BCUT2D eigenvalue weighted by atomic mass is 10.0. The summed E-state index contributed by atoms with van der Waals surface area (Å²) < 4.78 is 5.51. The number of halogens is 2. The minimum atomic E-state index is -0.730. The Bertz CT molecular complexity index is 528. The summed E-state index contributed by atoms with van der Waals surface area (Å²) in [5.41, 5.74) is 5.41. The summed E-state index contributed by atoms with van der Waals surface area (Å²) in [6, 6.07) is 4.61. The van der Waals surface area contributed by atoms with Gasteiger partial charge in [0.2, 0.25) is 5.91 Å². The fourth-order valence-corrected chi connectivity index (χ4v) is 3.10. The molecule has 0 bridgehead atoms. The molecule has 2 atom stereocenters. The standard InChI is InChI=1S/C15H20Cl2N2O3/c16-10-4-5-14(12(17)7-10)22-9-11(20)8-19-6-2-1-3-13(19)15(18)21/h4-5,7,11,13,20H,1-3,6,8-9H2,(H2,18,21). The first-order valence-electron chi connectivity index (χ1n) is 7.26. The first kappa shape index (κ1) is 17.3. The highest BCUT2D eigenvalue weighted by molar-refractivity contribution is 6.35. The third kappa shape index (κ3) is 4.74. The molecule has 22 heavy (non-hydrogen) atoms. The zero-order valence-electron chi connectivity index (χ0n) is 12.2. The number of rotatable bonds is 6. The molecule has 122 valence electrons. The number of amides is 1. The van der Waals surface area contributed by atoms with Crippen LogP contribution in [0.2, 0.25) is 10.0 Å². The van der Waals surface area contributed by atoms with Crippen molar-refractivity contribution in [1.29, 1.82) is 0 Å². The third-order valence-electron chi connectivity index (χ3n) is 3.71. The molecule has 0 aliphatic carbocycles. The smallest absolute Gasteiger partial charge is 0.234 e. The van der Waals surface area contributed by atoms with Gasteiger partial charge in [0.25, 0.3) is 0 Å². The van der Waals surface area contributed by atoms with Crippen molar-refractivity contribution in [3.05, 3.63) is 28.2 Å². The summed E-state index contributed by atoms with van der Waals surface area (Å²) in [6.45, 7) is 1.19. The first-order valence-corrected chi connectivity index (χ1v) is 8.02. The topological polar surface area (TPSA) is 75.8 Å². The molecule has 1 aliphatic rings. The monoisotopic (exact) mass is 346 g/mol. The van der Waals surface area contributed by atoms with Crippen molar-refractivity contribution in [2.75, 3.05) is 19.7 Å². The first-order chi connectivity index (χ1) is 10.5. The van der Waals surface area contributed by atoms with Crippen molar-refractivity contribution >= 4 is 29.1 Å². The number of hydrogen-bond acceptors (Lipinski definition) is 4. The number of benzene rings is 1. The van der Waals surface area contributed by atoms with Crippen LogP contribution in [-0.4, -0.2) is 47.8 Å². The number of ether oxygens (including phenoxy) is 1. The predicted molar refractivity (Wildman–Crippen MR) is 86.4 cm³/mol. The Kier molecular flexibility index (Phi) is 6.32. The van der Waals surface area contributed by atoms with Gasteiger partial charge >= 0.3 is 0 Å². The molecule has 0 saturated carbocycles. The minimum absolute atomic E-state index is 0.0866. The summed E-state index contributed by atoms with van der Waals surface area (Å²) >= 11 is 11.8. The van der Waals surface area contributed by atoms with Gasteiger partial charge in [-0.3, -0.25) is 9.69 Å². The highest BCUT2D eigenvalue weighted by Crippen LogP contribution is 2.27. The lowest BCUT2D eigenvalue weighted by Crippen LogP contribution is -2.50. The number of likely N-dealkylation sites (tertiary alicyclic amines) is 1. The van der Waals surface area contributed by atoms with Crippen LogP contribution in [0.5, 0.6) is 5.75 Å². The van der Waals surface area contributed by atoms with Gasteiger partial charge in [-0.2, -0.15) is 0 Å². The maximum atomic E-state index is 11.4. The van der Waals surface area contributed by atoms with Crippen LogP contribution in [0.15, 0.2) is 18.2 Å². The number of nitrogens with two attached hydrogens (primary N) is 1. The van der Waals surface area contributed by atoms with Crippen molar-refractivity contribution in [2.24, 2.45) is 5.73 Å². The van der Waals surface area contributed by atoms with Gasteiger partial charge in [-0.1, -0.05) is 29.6 Å². The summed E-state index contributed by atoms with van der Waals surface area (Å²) in [5.74, 6) is 0.128. The molecule has 1 aliphatic heterocycles. The normalized spacial score (nSPS) is 20.6. The summed E-state index contributed by atoms with van der Waals surface area (Å²) in [5, 5.41) is 11.0. The van der Waals surface area contributed by atoms with E-state index in [0.29, 0.717) is 22.3 Å². The Balaban J connectivity index is 1.86. The number of β-amino-alcohol motifs (C(OH)–C–C–N with tert-alkyl or cyclic N) is 1. The number of nitrogens with zero attached hydrogens (tertiary/aromatic N) is 1. The highest BCUT2D eigenvalue weighted by atomic mass is 35.5. The van der Waals surface area contributed by atoms with Gasteiger partial charge in [0.1, 0.15) is 18.5 Å². The Morgan fingerprint density at radius 1 is 1.45 bits per heavy atom. The van der Waals surface area contributed by atoms with E-state index in [1.807, 2.05) is 4.90 Å². The largest absolute Gasteiger partial charge is 0.489 e. The molecule has 0 spiro atoms. The molecule has 1 heterocycles. The highest BCUT2D eigenvalue weighted by Gasteiger charge is 2.28. The molecule has 1 aromatic rings. The van der Waals surface area contributed by atoms with Gasteiger partial charge in [-0.05, 0) is 37.6 Å². The van der Waals surface area contributed by atoms with Crippen LogP contribution in [0.3, 0.4) is 0 Å². The molecule has 5 nitrogen and oxygen atoms in total. The van der Waals surface area contributed by atoms with Crippen molar-refractivity contribution in [3.63, 3.8) is 0 Å². The minimum Gasteiger partial charge on any atom is -0.489 e. The zero-order chi connectivity index (χ0) is 16.1. The predicted octanol–water partition coefficient (Wildman–Crippen LogP) is 2.07. The molecule has 1 fully saturated rings. The average Bonchev–Trinajstić information content (AvgIpc) is 2.46. The number of primary amides is 1. The molecule has 1 amide bonds. The van der Waals surface area contributed by atoms with E-state index in [1.165, 1.54) is 0 Å². The van der Waals surface area contributed by atoms with Crippen LogP contribution in [0.4, 0.5) is 0 Å². The fraction of sp³-hybridized carbons (Fsp3) is 0.533. The van der Waals surface area contributed by atoms with Crippen LogP contribution in [0.25, 0.3) is 0 Å². The second kappa shape index (κ2) is 8.02. The second-order valence-electron chi connectivity index (χ2n) is 5.45. The molecule has 0 radical (unpaired) electrons. The van der Waals surface area contributed by atoms with Gasteiger partial charge in [0.15, 0.2) is 0 Å². The van der Waals surface area contributed by atoms with E-state index >= 15 is 0 Å². The molecule has 2 rings (SSSR count). The van der Waals surface area contributed by atoms with Gasteiger partial charge in [-0.25, -0.2) is 0 Å². The number of carbonyl (C=O) groups excluding carboxylic acids is 1. The molecule has 2 unspecified atom stereocenters. The molecule has 1 aromatic carbocycles. The number of carbonyl (C=O) groups is 1. The van der Waals surface area contributed by atoms with Gasteiger partial charge in [-0.15, -0.1) is 0 Å². The zero-order valence-corrected chi connectivity index (χ0v) is 13.7. The van der Waals surface area contributed by atoms with Crippen LogP contribution < -0.4 is 10.5 Å². The molecule has 1 saturated heterocycles. The van der Waals surface area contributed by atoms with Gasteiger partial charge < -0.3 is 15.6 Å². The summed E-state index contributed by atoms with van der Waals surface area (Å²) in [4.78, 5) is 13.4. The van der Waals surface area contributed by atoms with E-state index in [4.69, 9.17) is 33.7 Å². The Morgan fingerprint density at radius 2 is 2.23 bits per heavy atom. The maximum absolute atomic E-state index is 11.4. The van der Waals surface area contributed by atoms with Crippen LogP contribution >= 0.6 is 23.2 Å². The van der Waals surface area contributed by atoms with Crippen molar-refractivity contribution < 1.29 is 14.6 Å². The number of hydrogen-bond donors (Lipinski definition) is 2. The SMILES string of the molecule is NC(=O)C1CCCCN1CC(O)COc1ccc(Cl)cc1Cl. The summed E-state index contributed by atoms with van der Waals surface area (Å²) in [6.07, 6.45) is 2.00. The fourth-order valence-electron chi connectivity index (χ4n) is 2.63. The summed E-state index contributed by atoms with van der Waals surface area (Å²) in [7, 11) is 0. The quantitative estimate of drug-likeness (QED) is 0.826. The van der Waals surface area contributed by atoms with Crippen molar-refractivity contribution in [1.82, 2.24) is 4.90 Å². The van der Waals surface area contributed by atoms with Crippen molar-refractivity contribution in [2.45, 2.75) is 31.4 Å². The lowest BCUT2D eigenvalue weighted by molar-refractivity contribution is -0.125. The molecular weight excluding hydrogens is 327 g/mol. The van der Waals surface area contributed by atoms with E-state index < -0.39 is 6.10 Å². The second-order valence-corrected chi connectivity index (χ2v) is 6.29. The number of aliphatic hydroxyl groups is 1. The third-order valence-corrected chi connectivity index (χ3v) is 4.24. The van der Waals surface area contributed by atoms with Crippen LogP contribution in [-0.2, 0) is 4.79 Å². The molecular formula is C15H20Cl2N2O3. The van der Waals surface area contributed by atoms with E-state index in [-0.39, 0.29) is 18.6 Å². The Hall–Kier alpha value is -1.01. The molecule has 7 heteroatoms. The van der Waals surface area contributed by atoms with Gasteiger partial charge in [0.05, 0.1) is 11.1 Å². The van der Waals surface area contributed by atoms with Gasteiger partial charge in [0, 0.05) is 11.6 Å². The Morgan fingerprint density at radius 3 is 2.91 bits per heavy atom. The van der Waals surface area contributed by atoms with E-state index in [9.17, 15) is 9.90 Å². The molecule has 3 N–H and O–H groups in total.